The van der Waals surface area contributed by atoms with Gasteiger partial charge in [-0.2, -0.15) is 0 Å². The zero-order valence-corrected chi connectivity index (χ0v) is 14.5. The highest BCUT2D eigenvalue weighted by Crippen LogP contribution is 2.26. The van der Waals surface area contributed by atoms with Crippen LogP contribution in [0.25, 0.3) is 0 Å². The van der Waals surface area contributed by atoms with Crippen LogP contribution >= 0.6 is 15.9 Å². The number of nitrogens with one attached hydrogen (secondary N) is 1. The standard InChI is InChI=1S/C16H25BrN2O2/c1-3-6-18-10-13-4-5-16(15(17)9-13)21-12-14-11-19(2)7-8-20-14/h4-5,9,14,18H,3,6-8,10-12H2,1-2H3. The molecule has 0 saturated carbocycles. The molecule has 2 rings (SSSR count). The van der Waals surface area contributed by atoms with E-state index < -0.39 is 0 Å². The number of ether oxygens (including phenoxy) is 2. The molecule has 118 valence electrons. The van der Waals surface area contributed by atoms with Crippen LogP contribution in [0, 0.1) is 0 Å². The van der Waals surface area contributed by atoms with Gasteiger partial charge in [-0.15, -0.1) is 0 Å². The summed E-state index contributed by atoms with van der Waals surface area (Å²) < 4.78 is 12.6. The molecule has 0 amide bonds. The first-order chi connectivity index (χ1) is 10.2. The minimum atomic E-state index is 0.154. The van der Waals surface area contributed by atoms with Crippen molar-refractivity contribution < 1.29 is 9.47 Å². The van der Waals surface area contributed by atoms with E-state index in [4.69, 9.17) is 9.47 Å². The van der Waals surface area contributed by atoms with Crippen LogP contribution in [0.3, 0.4) is 0 Å². The topological polar surface area (TPSA) is 33.7 Å². The average molecular weight is 357 g/mol. The molecule has 5 heteroatoms. The van der Waals surface area contributed by atoms with E-state index in [0.29, 0.717) is 6.61 Å². The van der Waals surface area contributed by atoms with E-state index >= 15 is 0 Å². The summed E-state index contributed by atoms with van der Waals surface area (Å²) in [6.07, 6.45) is 1.31. The van der Waals surface area contributed by atoms with Crippen LogP contribution in [-0.4, -0.2) is 50.9 Å². The lowest BCUT2D eigenvalue weighted by atomic mass is 10.2. The normalized spacial score (nSPS) is 19.7. The Morgan fingerprint density at radius 1 is 1.48 bits per heavy atom. The van der Waals surface area contributed by atoms with E-state index in [1.165, 1.54) is 5.56 Å². The van der Waals surface area contributed by atoms with Gasteiger partial charge in [0.2, 0.25) is 0 Å². The minimum absolute atomic E-state index is 0.154. The molecule has 0 bridgehead atoms. The first-order valence-electron chi connectivity index (χ1n) is 7.61. The summed E-state index contributed by atoms with van der Waals surface area (Å²) in [7, 11) is 2.11. The van der Waals surface area contributed by atoms with Crippen molar-refractivity contribution >= 4 is 15.9 Å². The fourth-order valence-corrected chi connectivity index (χ4v) is 2.87. The zero-order valence-electron chi connectivity index (χ0n) is 12.9. The van der Waals surface area contributed by atoms with Crippen LogP contribution in [0.4, 0.5) is 0 Å². The Kier molecular flexibility index (Phi) is 6.96. The second kappa shape index (κ2) is 8.73. The Bertz CT molecular complexity index is 442. The molecule has 1 atom stereocenters. The number of hydrogen-bond acceptors (Lipinski definition) is 4. The van der Waals surface area contributed by atoms with Crippen LogP contribution in [0.5, 0.6) is 5.75 Å². The van der Waals surface area contributed by atoms with Crippen LogP contribution in [0.15, 0.2) is 22.7 Å². The quantitative estimate of drug-likeness (QED) is 0.761. The lowest BCUT2D eigenvalue weighted by Gasteiger charge is -2.29. The zero-order chi connectivity index (χ0) is 15.1. The predicted molar refractivity (Wildman–Crippen MR) is 88.9 cm³/mol. The smallest absolute Gasteiger partial charge is 0.133 e. The van der Waals surface area contributed by atoms with Gasteiger partial charge in [-0.05, 0) is 53.6 Å². The van der Waals surface area contributed by atoms with Gasteiger partial charge in [-0.3, -0.25) is 0 Å². The van der Waals surface area contributed by atoms with Gasteiger partial charge in [0.05, 0.1) is 11.1 Å². The van der Waals surface area contributed by atoms with Crippen LogP contribution in [-0.2, 0) is 11.3 Å². The fourth-order valence-electron chi connectivity index (χ4n) is 2.33. The lowest BCUT2D eigenvalue weighted by Crippen LogP contribution is -2.42. The number of likely N-dealkylation sites (N-methyl/N-ethyl adjacent to an activating group) is 1. The minimum Gasteiger partial charge on any atom is -0.490 e. The lowest BCUT2D eigenvalue weighted by molar-refractivity contribution is -0.0404. The van der Waals surface area contributed by atoms with Crippen molar-refractivity contribution in [2.45, 2.75) is 26.0 Å². The summed E-state index contributed by atoms with van der Waals surface area (Å²) in [6, 6.07) is 6.25. The van der Waals surface area contributed by atoms with E-state index in [1.807, 2.05) is 6.07 Å². The molecule has 0 spiro atoms. The molecule has 1 unspecified atom stereocenters. The first-order valence-corrected chi connectivity index (χ1v) is 8.40. The number of nitrogens with zero attached hydrogens (tertiary/aromatic N) is 1. The first kappa shape index (κ1) is 16.7. The van der Waals surface area contributed by atoms with Gasteiger partial charge in [0.15, 0.2) is 0 Å². The molecule has 4 nitrogen and oxygen atoms in total. The third-order valence-corrected chi connectivity index (χ3v) is 4.14. The number of morpholine rings is 1. The van der Waals surface area contributed by atoms with Crippen molar-refractivity contribution in [1.29, 1.82) is 0 Å². The summed E-state index contributed by atoms with van der Waals surface area (Å²) >= 11 is 3.59. The third-order valence-electron chi connectivity index (χ3n) is 3.52. The van der Waals surface area contributed by atoms with Gasteiger partial charge in [0, 0.05) is 19.6 Å². The van der Waals surface area contributed by atoms with E-state index in [2.05, 4.69) is 52.3 Å². The van der Waals surface area contributed by atoms with Gasteiger partial charge in [-0.25, -0.2) is 0 Å². The molecule has 21 heavy (non-hydrogen) atoms. The van der Waals surface area contributed by atoms with Crippen molar-refractivity contribution in [1.82, 2.24) is 10.2 Å². The van der Waals surface area contributed by atoms with Crippen molar-refractivity contribution in [3.63, 3.8) is 0 Å². The number of halogens is 1. The van der Waals surface area contributed by atoms with Crippen LogP contribution in [0.1, 0.15) is 18.9 Å². The number of benzene rings is 1. The van der Waals surface area contributed by atoms with Crippen molar-refractivity contribution in [3.8, 4) is 5.75 Å². The SMILES string of the molecule is CCCNCc1ccc(OCC2CN(C)CCO2)c(Br)c1. The Balaban J connectivity index is 1.82. The Hall–Kier alpha value is -0.620. The maximum absolute atomic E-state index is 5.89. The van der Waals surface area contributed by atoms with Crippen molar-refractivity contribution in [2.75, 3.05) is 39.9 Å². The molecule has 0 radical (unpaired) electrons. The molecule has 1 N–H and O–H groups in total. The van der Waals surface area contributed by atoms with Gasteiger partial charge in [-0.1, -0.05) is 13.0 Å². The molecule has 1 heterocycles. The highest BCUT2D eigenvalue weighted by atomic mass is 79.9. The van der Waals surface area contributed by atoms with Gasteiger partial charge < -0.3 is 19.7 Å². The second-order valence-electron chi connectivity index (χ2n) is 5.51. The number of rotatable bonds is 7. The molecular weight excluding hydrogens is 332 g/mol. The summed E-state index contributed by atoms with van der Waals surface area (Å²) in [6.45, 7) is 7.41. The molecule has 0 aliphatic carbocycles. The summed E-state index contributed by atoms with van der Waals surface area (Å²) in [5.74, 6) is 0.881. The predicted octanol–water partition coefficient (Wildman–Crippen LogP) is 2.66. The highest BCUT2D eigenvalue weighted by molar-refractivity contribution is 9.10. The molecular formula is C16H25BrN2O2. The monoisotopic (exact) mass is 356 g/mol. The molecule has 1 aromatic rings. The Labute approximate surface area is 135 Å². The largest absolute Gasteiger partial charge is 0.490 e. The average Bonchev–Trinajstić information content (AvgIpc) is 2.47. The van der Waals surface area contributed by atoms with Crippen molar-refractivity contribution in [3.05, 3.63) is 28.2 Å². The maximum Gasteiger partial charge on any atom is 0.133 e. The molecule has 0 aromatic heterocycles. The summed E-state index contributed by atoms with van der Waals surface area (Å²) in [4.78, 5) is 2.27. The van der Waals surface area contributed by atoms with Gasteiger partial charge in [0.1, 0.15) is 18.5 Å². The van der Waals surface area contributed by atoms with Crippen LogP contribution in [0.2, 0.25) is 0 Å². The van der Waals surface area contributed by atoms with Gasteiger partial charge >= 0.3 is 0 Å². The molecule has 1 fully saturated rings. The molecule has 1 aliphatic heterocycles. The summed E-state index contributed by atoms with van der Waals surface area (Å²) in [5, 5.41) is 3.40. The number of hydrogen-bond donors (Lipinski definition) is 1. The summed E-state index contributed by atoms with van der Waals surface area (Å²) in [5.41, 5.74) is 1.26. The second-order valence-corrected chi connectivity index (χ2v) is 6.36. The van der Waals surface area contributed by atoms with Crippen molar-refractivity contribution in [2.24, 2.45) is 0 Å². The van der Waals surface area contributed by atoms with E-state index in [-0.39, 0.29) is 6.10 Å². The molecule has 1 aromatic carbocycles. The van der Waals surface area contributed by atoms with E-state index in [1.54, 1.807) is 0 Å². The Morgan fingerprint density at radius 3 is 3.05 bits per heavy atom. The van der Waals surface area contributed by atoms with E-state index in [0.717, 1.165) is 49.4 Å². The van der Waals surface area contributed by atoms with Gasteiger partial charge in [0.25, 0.3) is 0 Å². The van der Waals surface area contributed by atoms with E-state index in [9.17, 15) is 0 Å². The molecule has 1 aliphatic rings. The van der Waals surface area contributed by atoms with Crippen LogP contribution < -0.4 is 10.1 Å². The Morgan fingerprint density at radius 2 is 2.33 bits per heavy atom. The highest BCUT2D eigenvalue weighted by Gasteiger charge is 2.18. The maximum atomic E-state index is 5.89. The molecule has 1 saturated heterocycles. The third kappa shape index (κ3) is 5.58. The fraction of sp³-hybridized carbons (Fsp3) is 0.625.